The molecule has 0 aliphatic rings. The molecule has 0 radical (unpaired) electrons. The monoisotopic (exact) mass is 388 g/mol. The number of hydrogen-bond donors (Lipinski definition) is 2. The van der Waals surface area contributed by atoms with Crippen LogP contribution in [0.4, 0.5) is 10.9 Å². The molecule has 6 nitrogen and oxygen atoms in total. The second-order valence-electron chi connectivity index (χ2n) is 5.26. The lowest BCUT2D eigenvalue weighted by Gasteiger charge is -2.11. The number of benzene rings is 2. The van der Waals surface area contributed by atoms with E-state index >= 15 is 0 Å². The minimum absolute atomic E-state index is 0.349. The van der Waals surface area contributed by atoms with E-state index in [1.165, 1.54) is 11.3 Å². The average molecular weight is 389 g/mol. The molecule has 26 heavy (non-hydrogen) atoms. The quantitative estimate of drug-likeness (QED) is 0.462. The first kappa shape index (κ1) is 18.0. The fraction of sp³-hybridized carbons (Fsp3) is 0.111. The van der Waals surface area contributed by atoms with Gasteiger partial charge in [0, 0.05) is 16.0 Å². The summed E-state index contributed by atoms with van der Waals surface area (Å²) in [7, 11) is 1.63. The number of halogens is 1. The first-order valence-electron chi connectivity index (χ1n) is 7.69. The molecule has 0 saturated heterocycles. The van der Waals surface area contributed by atoms with Crippen LogP contribution < -0.4 is 20.6 Å². The van der Waals surface area contributed by atoms with E-state index in [9.17, 15) is 0 Å². The van der Waals surface area contributed by atoms with Gasteiger partial charge in [0.15, 0.2) is 0 Å². The van der Waals surface area contributed by atoms with Crippen LogP contribution in [-0.2, 0) is 6.61 Å². The zero-order valence-electron chi connectivity index (χ0n) is 14.0. The highest BCUT2D eigenvalue weighted by Gasteiger charge is 2.06. The predicted octanol–water partition coefficient (Wildman–Crippen LogP) is 4.41. The molecule has 3 rings (SSSR count). The number of methoxy groups -OCH3 is 1. The number of aromatic nitrogens is 1. The van der Waals surface area contributed by atoms with Crippen molar-refractivity contribution in [2.45, 2.75) is 6.61 Å². The van der Waals surface area contributed by atoms with Crippen molar-refractivity contribution in [1.29, 1.82) is 0 Å². The third-order valence-electron chi connectivity index (χ3n) is 3.39. The molecule has 0 amide bonds. The Labute approximate surface area is 160 Å². The van der Waals surface area contributed by atoms with E-state index in [-0.39, 0.29) is 0 Å². The van der Waals surface area contributed by atoms with Crippen molar-refractivity contribution in [3.63, 3.8) is 0 Å². The van der Waals surface area contributed by atoms with Crippen molar-refractivity contribution in [2.24, 2.45) is 5.10 Å². The van der Waals surface area contributed by atoms with E-state index in [0.29, 0.717) is 28.3 Å². The maximum absolute atomic E-state index is 5.98. The summed E-state index contributed by atoms with van der Waals surface area (Å²) in [6, 6.07) is 13.0. The Hall–Kier alpha value is -2.77. The summed E-state index contributed by atoms with van der Waals surface area (Å²) >= 11 is 7.37. The van der Waals surface area contributed by atoms with Gasteiger partial charge in [0.2, 0.25) is 5.13 Å². The Kier molecular flexibility index (Phi) is 5.93. The van der Waals surface area contributed by atoms with Crippen LogP contribution in [0, 0.1) is 0 Å². The van der Waals surface area contributed by atoms with Crippen LogP contribution in [0.3, 0.4) is 0 Å². The smallest absolute Gasteiger partial charge is 0.205 e. The lowest BCUT2D eigenvalue weighted by atomic mass is 10.1. The number of nitrogens with two attached hydrogens (primary N) is 1. The van der Waals surface area contributed by atoms with Gasteiger partial charge in [-0.15, -0.1) is 11.3 Å². The highest BCUT2D eigenvalue weighted by atomic mass is 35.5. The molecular formula is C18H17ClN4O2S. The van der Waals surface area contributed by atoms with E-state index in [1.807, 2.05) is 30.3 Å². The van der Waals surface area contributed by atoms with E-state index in [0.717, 1.165) is 16.9 Å². The summed E-state index contributed by atoms with van der Waals surface area (Å²) < 4.78 is 11.2. The first-order chi connectivity index (χ1) is 12.6. The lowest BCUT2D eigenvalue weighted by Crippen LogP contribution is -2.00. The molecule has 0 spiro atoms. The highest BCUT2D eigenvalue weighted by Crippen LogP contribution is 2.23. The molecule has 0 saturated carbocycles. The van der Waals surface area contributed by atoms with Crippen LogP contribution >= 0.6 is 22.9 Å². The molecule has 0 atom stereocenters. The molecule has 134 valence electrons. The van der Waals surface area contributed by atoms with Gasteiger partial charge in [0.05, 0.1) is 13.3 Å². The largest absolute Gasteiger partial charge is 0.496 e. The molecule has 3 aromatic rings. The van der Waals surface area contributed by atoms with Gasteiger partial charge in [-0.3, -0.25) is 5.43 Å². The summed E-state index contributed by atoms with van der Waals surface area (Å²) in [5.74, 6) is 1.91. The molecule has 0 unspecified atom stereocenters. The number of hydrazone groups is 1. The predicted molar refractivity (Wildman–Crippen MR) is 107 cm³/mol. The molecule has 1 heterocycles. The van der Waals surface area contributed by atoms with Crippen molar-refractivity contribution in [3.05, 3.63) is 64.0 Å². The molecule has 0 aliphatic heterocycles. The Morgan fingerprint density at radius 2 is 2.19 bits per heavy atom. The Balaban J connectivity index is 1.69. The molecule has 0 bridgehead atoms. The number of nitrogens with one attached hydrogen (secondary N) is 1. The van der Waals surface area contributed by atoms with Crippen molar-refractivity contribution in [1.82, 2.24) is 4.98 Å². The van der Waals surface area contributed by atoms with Crippen LogP contribution in [0.15, 0.2) is 52.9 Å². The van der Waals surface area contributed by atoms with Gasteiger partial charge in [0.1, 0.15) is 23.9 Å². The number of rotatable bonds is 7. The minimum atomic E-state index is 0.349. The number of nitrogen functional groups attached to an aromatic ring is 1. The van der Waals surface area contributed by atoms with Crippen LogP contribution in [0.5, 0.6) is 11.5 Å². The number of nitrogens with zero attached hydrogens (tertiary/aromatic N) is 2. The molecule has 0 fully saturated rings. The third-order valence-corrected chi connectivity index (χ3v) is 4.39. The van der Waals surface area contributed by atoms with Gasteiger partial charge in [-0.2, -0.15) is 5.10 Å². The molecule has 3 N–H and O–H groups in total. The van der Waals surface area contributed by atoms with Crippen molar-refractivity contribution in [3.8, 4) is 11.5 Å². The van der Waals surface area contributed by atoms with Crippen LogP contribution in [0.25, 0.3) is 0 Å². The first-order valence-corrected chi connectivity index (χ1v) is 8.95. The normalized spacial score (nSPS) is 10.8. The van der Waals surface area contributed by atoms with Crippen molar-refractivity contribution < 1.29 is 9.47 Å². The van der Waals surface area contributed by atoms with Gasteiger partial charge in [-0.1, -0.05) is 17.7 Å². The average Bonchev–Trinajstić information content (AvgIpc) is 3.05. The second-order valence-corrected chi connectivity index (χ2v) is 6.56. The number of hydrogen-bond acceptors (Lipinski definition) is 7. The standard InChI is InChI=1S/C18H17ClN4O2S/c1-24-16-6-5-12(9-21-23-18-22-17(20)11-26-18)7-13(16)10-25-15-4-2-3-14(19)8-15/h2-9,11H,10,20H2,1H3,(H,22,23). The van der Waals surface area contributed by atoms with Gasteiger partial charge < -0.3 is 15.2 Å². The van der Waals surface area contributed by atoms with E-state index in [2.05, 4.69) is 15.5 Å². The maximum Gasteiger partial charge on any atom is 0.205 e. The molecule has 8 heteroatoms. The van der Waals surface area contributed by atoms with Crippen molar-refractivity contribution >= 4 is 40.1 Å². The summed E-state index contributed by atoms with van der Waals surface area (Å²) in [5, 5.41) is 7.18. The Bertz CT molecular complexity index is 914. The van der Waals surface area contributed by atoms with Gasteiger partial charge in [0.25, 0.3) is 0 Å². The Morgan fingerprint density at radius 1 is 1.31 bits per heavy atom. The number of anilines is 2. The van der Waals surface area contributed by atoms with E-state index in [4.69, 9.17) is 26.8 Å². The second kappa shape index (κ2) is 8.55. The Morgan fingerprint density at radius 3 is 2.92 bits per heavy atom. The third kappa shape index (κ3) is 4.87. The molecule has 2 aromatic carbocycles. The molecule has 1 aromatic heterocycles. The topological polar surface area (TPSA) is 81.8 Å². The SMILES string of the molecule is COc1ccc(C=NNc2nc(N)cs2)cc1COc1cccc(Cl)c1. The maximum atomic E-state index is 5.98. The van der Waals surface area contributed by atoms with Gasteiger partial charge in [-0.05, 0) is 42.0 Å². The zero-order chi connectivity index (χ0) is 18.4. The summed E-state index contributed by atoms with van der Waals surface area (Å²) in [5.41, 5.74) is 10.2. The number of ether oxygens (including phenoxy) is 2. The summed E-state index contributed by atoms with van der Waals surface area (Å²) in [6.45, 7) is 0.349. The lowest BCUT2D eigenvalue weighted by molar-refractivity contribution is 0.296. The van der Waals surface area contributed by atoms with Crippen LogP contribution in [0.1, 0.15) is 11.1 Å². The van der Waals surface area contributed by atoms with Gasteiger partial charge in [-0.25, -0.2) is 4.98 Å². The van der Waals surface area contributed by atoms with Crippen LogP contribution in [-0.4, -0.2) is 18.3 Å². The van der Waals surface area contributed by atoms with Gasteiger partial charge >= 0.3 is 0 Å². The zero-order valence-corrected chi connectivity index (χ0v) is 15.6. The summed E-state index contributed by atoms with van der Waals surface area (Å²) in [6.07, 6.45) is 1.69. The van der Waals surface area contributed by atoms with Crippen molar-refractivity contribution in [2.75, 3.05) is 18.3 Å². The fourth-order valence-electron chi connectivity index (χ4n) is 2.21. The molecule has 0 aliphatic carbocycles. The fourth-order valence-corrected chi connectivity index (χ4v) is 2.94. The van der Waals surface area contributed by atoms with E-state index < -0.39 is 0 Å². The number of thiazole rings is 1. The highest BCUT2D eigenvalue weighted by molar-refractivity contribution is 7.14. The summed E-state index contributed by atoms with van der Waals surface area (Å²) in [4.78, 5) is 4.08. The van der Waals surface area contributed by atoms with E-state index in [1.54, 1.807) is 30.8 Å². The molecular weight excluding hydrogens is 372 g/mol. The van der Waals surface area contributed by atoms with Crippen LogP contribution in [0.2, 0.25) is 5.02 Å². The minimum Gasteiger partial charge on any atom is -0.496 e.